The lowest BCUT2D eigenvalue weighted by molar-refractivity contribution is 0.265. The van der Waals surface area contributed by atoms with Gasteiger partial charge in [-0.2, -0.15) is 0 Å². The Bertz CT molecular complexity index is 355. The summed E-state index contributed by atoms with van der Waals surface area (Å²) < 4.78 is 5.51. The van der Waals surface area contributed by atoms with Gasteiger partial charge in [-0.25, -0.2) is 0 Å². The number of hydrogen-bond donors (Lipinski definition) is 2. The van der Waals surface area contributed by atoms with Gasteiger partial charge in [0.1, 0.15) is 5.75 Å². The Morgan fingerprint density at radius 2 is 1.87 bits per heavy atom. The number of nitrogens with two attached hydrogens (primary N) is 1. The lowest BCUT2D eigenvalue weighted by Gasteiger charge is -2.14. The summed E-state index contributed by atoms with van der Waals surface area (Å²) in [4.78, 5) is 0. The molecule has 0 aliphatic heterocycles. The molecule has 3 N–H and O–H groups in total. The SMILES string of the molecule is Cc1cc(C)cc(OC(C)C(N)=NO)c1. The summed E-state index contributed by atoms with van der Waals surface area (Å²) in [6.07, 6.45) is -0.434. The van der Waals surface area contributed by atoms with Crippen LogP contribution in [0, 0.1) is 13.8 Å². The predicted octanol–water partition coefficient (Wildman–Crippen LogP) is 1.82. The number of hydrogen-bond acceptors (Lipinski definition) is 3. The van der Waals surface area contributed by atoms with Crippen LogP contribution in [-0.2, 0) is 0 Å². The highest BCUT2D eigenvalue weighted by atomic mass is 16.5. The maximum absolute atomic E-state index is 8.48. The molecule has 0 saturated heterocycles. The van der Waals surface area contributed by atoms with E-state index in [1.165, 1.54) is 0 Å². The van der Waals surface area contributed by atoms with E-state index in [1.54, 1.807) is 6.92 Å². The molecule has 1 atom stereocenters. The van der Waals surface area contributed by atoms with Crippen molar-refractivity contribution in [3.63, 3.8) is 0 Å². The van der Waals surface area contributed by atoms with E-state index in [9.17, 15) is 0 Å². The average molecular weight is 208 g/mol. The van der Waals surface area contributed by atoms with Gasteiger partial charge in [-0.3, -0.25) is 0 Å². The third-order valence-electron chi connectivity index (χ3n) is 2.04. The van der Waals surface area contributed by atoms with E-state index in [4.69, 9.17) is 15.7 Å². The highest BCUT2D eigenvalue weighted by Crippen LogP contribution is 2.17. The molecule has 1 aromatic carbocycles. The number of aryl methyl sites for hydroxylation is 2. The van der Waals surface area contributed by atoms with Crippen LogP contribution in [0.1, 0.15) is 18.1 Å². The van der Waals surface area contributed by atoms with Crippen molar-refractivity contribution < 1.29 is 9.94 Å². The lowest BCUT2D eigenvalue weighted by atomic mass is 10.1. The Hall–Kier alpha value is -1.71. The van der Waals surface area contributed by atoms with E-state index in [1.807, 2.05) is 26.0 Å². The minimum atomic E-state index is -0.434. The summed E-state index contributed by atoms with van der Waals surface area (Å²) in [7, 11) is 0. The van der Waals surface area contributed by atoms with Gasteiger partial charge in [0.25, 0.3) is 0 Å². The first-order valence-electron chi connectivity index (χ1n) is 4.75. The van der Waals surface area contributed by atoms with Gasteiger partial charge in [-0.15, -0.1) is 0 Å². The lowest BCUT2D eigenvalue weighted by Crippen LogP contribution is -2.31. The third kappa shape index (κ3) is 3.16. The first kappa shape index (κ1) is 11.4. The highest BCUT2D eigenvalue weighted by molar-refractivity contribution is 5.84. The first-order valence-corrected chi connectivity index (χ1v) is 4.75. The molecule has 0 spiro atoms. The largest absolute Gasteiger partial charge is 0.483 e. The van der Waals surface area contributed by atoms with Gasteiger partial charge < -0.3 is 15.7 Å². The zero-order chi connectivity index (χ0) is 11.4. The van der Waals surface area contributed by atoms with Gasteiger partial charge in [0.15, 0.2) is 11.9 Å². The molecule has 0 heterocycles. The van der Waals surface area contributed by atoms with Crippen molar-refractivity contribution in [2.24, 2.45) is 10.9 Å². The second kappa shape index (κ2) is 4.68. The summed E-state index contributed by atoms with van der Waals surface area (Å²) in [5, 5.41) is 11.4. The van der Waals surface area contributed by atoms with Crippen molar-refractivity contribution in [3.05, 3.63) is 29.3 Å². The van der Waals surface area contributed by atoms with Gasteiger partial charge in [0.05, 0.1) is 0 Å². The molecule has 0 radical (unpaired) electrons. The first-order chi connectivity index (χ1) is 7.02. The van der Waals surface area contributed by atoms with Crippen molar-refractivity contribution in [1.82, 2.24) is 0 Å². The number of ether oxygens (including phenoxy) is 1. The zero-order valence-corrected chi connectivity index (χ0v) is 9.19. The maximum Gasteiger partial charge on any atom is 0.180 e. The molecule has 0 amide bonds. The topological polar surface area (TPSA) is 67.8 Å². The van der Waals surface area contributed by atoms with Crippen LogP contribution in [0.25, 0.3) is 0 Å². The van der Waals surface area contributed by atoms with E-state index in [-0.39, 0.29) is 5.84 Å². The summed E-state index contributed by atoms with van der Waals surface area (Å²) in [6.45, 7) is 5.72. The zero-order valence-electron chi connectivity index (χ0n) is 9.19. The van der Waals surface area contributed by atoms with Crippen LogP contribution < -0.4 is 10.5 Å². The molecule has 0 aliphatic rings. The van der Waals surface area contributed by atoms with Crippen LogP contribution in [0.15, 0.2) is 23.4 Å². The molecular weight excluding hydrogens is 192 g/mol. The number of nitrogens with zero attached hydrogens (tertiary/aromatic N) is 1. The Morgan fingerprint density at radius 3 is 2.33 bits per heavy atom. The molecular formula is C11H16N2O2. The summed E-state index contributed by atoms with van der Waals surface area (Å²) in [6, 6.07) is 5.88. The Balaban J connectivity index is 2.81. The van der Waals surface area contributed by atoms with E-state index < -0.39 is 6.10 Å². The molecule has 1 aromatic rings. The molecule has 0 bridgehead atoms. The van der Waals surface area contributed by atoms with Crippen molar-refractivity contribution in [3.8, 4) is 5.75 Å². The summed E-state index contributed by atoms with van der Waals surface area (Å²) in [5.74, 6) is 0.792. The van der Waals surface area contributed by atoms with Crippen molar-refractivity contribution in [2.75, 3.05) is 0 Å². The predicted molar refractivity (Wildman–Crippen MR) is 59.4 cm³/mol. The highest BCUT2D eigenvalue weighted by Gasteiger charge is 2.09. The molecule has 0 aromatic heterocycles. The van der Waals surface area contributed by atoms with Gasteiger partial charge in [0, 0.05) is 0 Å². The molecule has 0 aliphatic carbocycles. The number of oxime groups is 1. The average Bonchev–Trinajstić information content (AvgIpc) is 2.14. The molecule has 0 fully saturated rings. The van der Waals surface area contributed by atoms with E-state index in [0.717, 1.165) is 16.9 Å². The third-order valence-corrected chi connectivity index (χ3v) is 2.04. The molecule has 0 saturated carbocycles. The monoisotopic (exact) mass is 208 g/mol. The molecule has 4 nitrogen and oxygen atoms in total. The smallest absolute Gasteiger partial charge is 0.180 e. The minimum absolute atomic E-state index is 0.0640. The second-order valence-corrected chi connectivity index (χ2v) is 3.61. The maximum atomic E-state index is 8.48. The quantitative estimate of drug-likeness (QED) is 0.344. The standard InChI is InChI=1S/C11H16N2O2/c1-7-4-8(2)6-10(5-7)15-9(3)11(12)13-14/h4-6,9,14H,1-3H3,(H2,12,13). The van der Waals surface area contributed by atoms with Gasteiger partial charge in [-0.1, -0.05) is 11.2 Å². The fourth-order valence-corrected chi connectivity index (χ4v) is 1.35. The molecule has 4 heteroatoms. The normalized spacial score (nSPS) is 13.7. The molecule has 82 valence electrons. The summed E-state index contributed by atoms with van der Waals surface area (Å²) >= 11 is 0. The van der Waals surface area contributed by atoms with Crippen LogP contribution in [-0.4, -0.2) is 17.1 Å². The number of benzene rings is 1. The Morgan fingerprint density at radius 1 is 1.33 bits per heavy atom. The van der Waals surface area contributed by atoms with E-state index in [0.29, 0.717) is 0 Å². The fraction of sp³-hybridized carbons (Fsp3) is 0.364. The molecule has 1 unspecified atom stereocenters. The van der Waals surface area contributed by atoms with Crippen molar-refractivity contribution in [2.45, 2.75) is 26.9 Å². The van der Waals surface area contributed by atoms with Crippen LogP contribution in [0.2, 0.25) is 0 Å². The van der Waals surface area contributed by atoms with Crippen molar-refractivity contribution in [1.29, 1.82) is 0 Å². The van der Waals surface area contributed by atoms with E-state index in [2.05, 4.69) is 11.2 Å². The number of rotatable bonds is 3. The van der Waals surface area contributed by atoms with E-state index >= 15 is 0 Å². The molecule has 1 rings (SSSR count). The summed E-state index contributed by atoms with van der Waals surface area (Å²) in [5.41, 5.74) is 7.66. The van der Waals surface area contributed by atoms with Gasteiger partial charge in [0.2, 0.25) is 0 Å². The van der Waals surface area contributed by atoms with Crippen LogP contribution in [0.5, 0.6) is 5.75 Å². The Kier molecular flexibility index (Phi) is 3.55. The van der Waals surface area contributed by atoms with Crippen LogP contribution >= 0.6 is 0 Å². The second-order valence-electron chi connectivity index (χ2n) is 3.61. The van der Waals surface area contributed by atoms with Gasteiger partial charge in [-0.05, 0) is 44.0 Å². The fourth-order valence-electron chi connectivity index (χ4n) is 1.35. The van der Waals surface area contributed by atoms with Gasteiger partial charge >= 0.3 is 0 Å². The van der Waals surface area contributed by atoms with Crippen LogP contribution in [0.3, 0.4) is 0 Å². The minimum Gasteiger partial charge on any atom is -0.483 e. The number of amidine groups is 1. The van der Waals surface area contributed by atoms with Crippen molar-refractivity contribution >= 4 is 5.84 Å². The Labute approximate surface area is 89.4 Å². The van der Waals surface area contributed by atoms with Crippen LogP contribution in [0.4, 0.5) is 0 Å². The molecule has 15 heavy (non-hydrogen) atoms.